The van der Waals surface area contributed by atoms with Gasteiger partial charge in [0.15, 0.2) is 15.8 Å². The fourth-order valence-electron chi connectivity index (χ4n) is 4.42. The van der Waals surface area contributed by atoms with E-state index in [4.69, 9.17) is 9.73 Å². The second kappa shape index (κ2) is 8.64. The maximum absolute atomic E-state index is 12.4. The SMILES string of the molecule is CCNC(=NCC1(c2ccccc2C)CCOCC1)N1CCS(=O)(=O)C(C)(C)C1. The number of hydrogen-bond acceptors (Lipinski definition) is 4. The highest BCUT2D eigenvalue weighted by molar-refractivity contribution is 7.92. The zero-order valence-electron chi connectivity index (χ0n) is 18.2. The van der Waals surface area contributed by atoms with Gasteiger partial charge in [-0.3, -0.25) is 4.99 Å². The van der Waals surface area contributed by atoms with Crippen LogP contribution in [0.3, 0.4) is 0 Å². The highest BCUT2D eigenvalue weighted by atomic mass is 32.2. The lowest BCUT2D eigenvalue weighted by Crippen LogP contribution is -2.57. The zero-order valence-corrected chi connectivity index (χ0v) is 19.0. The number of guanidine groups is 1. The molecule has 2 aliphatic rings. The van der Waals surface area contributed by atoms with Gasteiger partial charge in [0.2, 0.25) is 0 Å². The van der Waals surface area contributed by atoms with Crippen molar-refractivity contribution >= 4 is 15.8 Å². The van der Waals surface area contributed by atoms with Gasteiger partial charge in [-0.15, -0.1) is 0 Å². The van der Waals surface area contributed by atoms with Gasteiger partial charge in [-0.25, -0.2) is 8.42 Å². The van der Waals surface area contributed by atoms with Gasteiger partial charge in [0.1, 0.15) is 0 Å². The van der Waals surface area contributed by atoms with Crippen molar-refractivity contribution in [2.45, 2.75) is 50.7 Å². The van der Waals surface area contributed by atoms with Crippen molar-refractivity contribution in [1.82, 2.24) is 10.2 Å². The minimum absolute atomic E-state index is 0.0400. The monoisotopic (exact) mass is 421 g/mol. The first-order chi connectivity index (χ1) is 13.7. The topological polar surface area (TPSA) is 71.0 Å². The molecule has 2 fully saturated rings. The van der Waals surface area contributed by atoms with Crippen molar-refractivity contribution in [3.05, 3.63) is 35.4 Å². The minimum atomic E-state index is -3.08. The predicted octanol–water partition coefficient (Wildman–Crippen LogP) is 2.52. The van der Waals surface area contributed by atoms with Crippen molar-refractivity contribution in [3.8, 4) is 0 Å². The Bertz CT molecular complexity index is 843. The summed E-state index contributed by atoms with van der Waals surface area (Å²) < 4.78 is 29.7. The van der Waals surface area contributed by atoms with Gasteiger partial charge < -0.3 is 15.0 Å². The molecule has 1 aromatic rings. The molecule has 1 N–H and O–H groups in total. The molecule has 1 aromatic carbocycles. The number of ether oxygens (including phenoxy) is 1. The lowest BCUT2D eigenvalue weighted by atomic mass is 9.72. The molecule has 0 radical (unpaired) electrons. The smallest absolute Gasteiger partial charge is 0.194 e. The van der Waals surface area contributed by atoms with Crippen LogP contribution >= 0.6 is 0 Å². The molecule has 7 heteroatoms. The molecule has 0 spiro atoms. The Morgan fingerprint density at radius 3 is 2.55 bits per heavy atom. The predicted molar refractivity (Wildman–Crippen MR) is 118 cm³/mol. The molecule has 2 aliphatic heterocycles. The number of benzene rings is 1. The van der Waals surface area contributed by atoms with Crippen molar-refractivity contribution in [2.24, 2.45) is 4.99 Å². The van der Waals surface area contributed by atoms with Gasteiger partial charge in [-0.05, 0) is 51.7 Å². The first-order valence-corrected chi connectivity index (χ1v) is 12.3. The largest absolute Gasteiger partial charge is 0.381 e. The van der Waals surface area contributed by atoms with E-state index in [2.05, 4.69) is 41.4 Å². The molecule has 0 saturated carbocycles. The maximum Gasteiger partial charge on any atom is 0.194 e. The van der Waals surface area contributed by atoms with Crippen molar-refractivity contribution in [1.29, 1.82) is 0 Å². The molecule has 0 aliphatic carbocycles. The summed E-state index contributed by atoms with van der Waals surface area (Å²) >= 11 is 0. The summed E-state index contributed by atoms with van der Waals surface area (Å²) in [6.45, 7) is 11.7. The van der Waals surface area contributed by atoms with Crippen LogP contribution < -0.4 is 5.32 Å². The molecule has 0 unspecified atom stereocenters. The molecule has 3 rings (SSSR count). The van der Waals surface area contributed by atoms with Crippen molar-refractivity contribution in [2.75, 3.05) is 45.1 Å². The number of nitrogens with zero attached hydrogens (tertiary/aromatic N) is 2. The standard InChI is InChI=1S/C22H35N3O3S/c1-5-23-20(25-12-15-29(26,27)21(3,4)17-25)24-16-22(10-13-28-14-11-22)19-9-7-6-8-18(19)2/h6-9H,5,10-17H2,1-4H3,(H,23,24). The number of nitrogens with one attached hydrogen (secondary N) is 1. The second-order valence-corrected chi connectivity index (χ2v) is 11.6. The summed E-state index contributed by atoms with van der Waals surface area (Å²) in [4.78, 5) is 7.15. The Morgan fingerprint density at radius 2 is 1.93 bits per heavy atom. The number of rotatable bonds is 4. The fraction of sp³-hybridized carbons (Fsp3) is 0.682. The van der Waals surface area contributed by atoms with E-state index in [1.807, 2.05) is 20.8 Å². The number of aliphatic imine (C=N–C) groups is 1. The Hall–Kier alpha value is -1.60. The summed E-state index contributed by atoms with van der Waals surface area (Å²) in [7, 11) is -3.08. The molecular formula is C22H35N3O3S. The lowest BCUT2D eigenvalue weighted by Gasteiger charge is -2.40. The van der Waals surface area contributed by atoms with Crippen LogP contribution in [0.2, 0.25) is 0 Å². The summed E-state index contributed by atoms with van der Waals surface area (Å²) in [6, 6.07) is 8.57. The Balaban J connectivity index is 1.89. The molecule has 6 nitrogen and oxygen atoms in total. The van der Waals surface area contributed by atoms with Crippen molar-refractivity contribution in [3.63, 3.8) is 0 Å². The summed E-state index contributed by atoms with van der Waals surface area (Å²) in [5.41, 5.74) is 2.60. The second-order valence-electron chi connectivity index (χ2n) is 8.88. The van der Waals surface area contributed by atoms with E-state index in [1.54, 1.807) is 0 Å². The quantitative estimate of drug-likeness (QED) is 0.598. The molecule has 2 saturated heterocycles. The van der Waals surface area contributed by atoms with E-state index in [-0.39, 0.29) is 11.2 Å². The van der Waals surface area contributed by atoms with E-state index in [0.29, 0.717) is 19.6 Å². The Kier molecular flexibility index (Phi) is 6.58. The van der Waals surface area contributed by atoms with Crippen LogP contribution in [0.1, 0.15) is 44.7 Å². The average Bonchev–Trinajstić information content (AvgIpc) is 2.68. The highest BCUT2D eigenvalue weighted by Gasteiger charge is 2.41. The molecule has 0 bridgehead atoms. The van der Waals surface area contributed by atoms with Gasteiger partial charge in [0, 0.05) is 38.3 Å². The molecular weight excluding hydrogens is 386 g/mol. The van der Waals surface area contributed by atoms with Crippen LogP contribution in [-0.2, 0) is 20.0 Å². The van der Waals surface area contributed by atoms with Crippen LogP contribution in [0.15, 0.2) is 29.3 Å². The zero-order chi connectivity index (χ0) is 21.1. The van der Waals surface area contributed by atoms with Gasteiger partial charge in [0.25, 0.3) is 0 Å². The number of hydrogen-bond donors (Lipinski definition) is 1. The summed E-state index contributed by atoms with van der Waals surface area (Å²) in [5, 5.41) is 3.39. The maximum atomic E-state index is 12.4. The Labute approximate surface area is 175 Å². The number of sulfone groups is 1. The first kappa shape index (κ1) is 22.1. The minimum Gasteiger partial charge on any atom is -0.381 e. The van der Waals surface area contributed by atoms with Crippen LogP contribution in [0.25, 0.3) is 0 Å². The third-order valence-electron chi connectivity index (χ3n) is 6.38. The normalized spacial score (nSPS) is 23.6. The number of aryl methyl sites for hydroxylation is 1. The van der Waals surface area contributed by atoms with Gasteiger partial charge in [-0.1, -0.05) is 24.3 Å². The van der Waals surface area contributed by atoms with E-state index in [9.17, 15) is 8.42 Å². The fourth-order valence-corrected chi connectivity index (χ4v) is 5.79. The van der Waals surface area contributed by atoms with Crippen molar-refractivity contribution < 1.29 is 13.2 Å². The lowest BCUT2D eigenvalue weighted by molar-refractivity contribution is 0.0528. The van der Waals surface area contributed by atoms with E-state index >= 15 is 0 Å². The average molecular weight is 422 g/mol. The first-order valence-electron chi connectivity index (χ1n) is 10.6. The van der Waals surface area contributed by atoms with Crippen LogP contribution in [-0.4, -0.2) is 69.2 Å². The van der Waals surface area contributed by atoms with Crippen LogP contribution in [0, 0.1) is 6.92 Å². The van der Waals surface area contributed by atoms with Crippen LogP contribution in [0.5, 0.6) is 0 Å². The van der Waals surface area contributed by atoms with Gasteiger partial charge in [-0.2, -0.15) is 0 Å². The molecule has 0 atom stereocenters. The molecule has 2 heterocycles. The summed E-state index contributed by atoms with van der Waals surface area (Å²) in [5.74, 6) is 0.983. The van der Waals surface area contributed by atoms with E-state index in [0.717, 1.165) is 38.6 Å². The molecule has 0 amide bonds. The highest BCUT2D eigenvalue weighted by Crippen LogP contribution is 2.37. The Morgan fingerprint density at radius 1 is 1.24 bits per heavy atom. The molecule has 0 aromatic heterocycles. The van der Waals surface area contributed by atoms with E-state index in [1.165, 1.54) is 11.1 Å². The third-order valence-corrected chi connectivity index (χ3v) is 8.91. The van der Waals surface area contributed by atoms with Gasteiger partial charge in [0.05, 0.1) is 17.0 Å². The summed E-state index contributed by atoms with van der Waals surface area (Å²) in [6.07, 6.45) is 1.89. The van der Waals surface area contributed by atoms with Crippen LogP contribution in [0.4, 0.5) is 0 Å². The third kappa shape index (κ3) is 4.61. The van der Waals surface area contributed by atoms with E-state index < -0.39 is 14.6 Å². The molecule has 162 valence electrons. The van der Waals surface area contributed by atoms with Gasteiger partial charge >= 0.3 is 0 Å². The molecule has 29 heavy (non-hydrogen) atoms.